The molecule has 36 heavy (non-hydrogen) atoms. The number of pyridine rings is 1. The van der Waals surface area contributed by atoms with Crippen molar-refractivity contribution in [2.24, 2.45) is 5.92 Å². The minimum atomic E-state index is -0.414. The van der Waals surface area contributed by atoms with Gasteiger partial charge in [0, 0.05) is 35.5 Å². The number of methoxy groups -OCH3 is 2. The zero-order chi connectivity index (χ0) is 25.3. The summed E-state index contributed by atoms with van der Waals surface area (Å²) in [6.07, 6.45) is 10.1. The lowest BCUT2D eigenvalue weighted by molar-refractivity contribution is -0.134. The summed E-state index contributed by atoms with van der Waals surface area (Å²) in [6, 6.07) is 19.8. The average Bonchev–Trinajstić information content (AvgIpc) is 2.95. The molecule has 1 aliphatic carbocycles. The predicted molar refractivity (Wildman–Crippen MR) is 141 cm³/mol. The summed E-state index contributed by atoms with van der Waals surface area (Å²) in [5.74, 6) is 0.364. The zero-order valence-corrected chi connectivity index (χ0v) is 20.9. The number of benzene rings is 2. The molecular weight excluding hydrogens is 452 g/mol. The van der Waals surface area contributed by atoms with E-state index in [1.54, 1.807) is 19.4 Å². The summed E-state index contributed by atoms with van der Waals surface area (Å²) in [5, 5.41) is 0. The Hall–Kier alpha value is -3.93. The molecule has 0 spiro atoms. The Morgan fingerprint density at radius 2 is 1.72 bits per heavy atom. The van der Waals surface area contributed by atoms with Crippen LogP contribution in [0.15, 0.2) is 72.9 Å². The molecule has 0 N–H and O–H groups in total. The largest absolute Gasteiger partial charge is 0.481 e. The van der Waals surface area contributed by atoms with Crippen LogP contribution in [0.25, 0.3) is 17.2 Å². The molecule has 2 aromatic carbocycles. The number of aromatic nitrogens is 1. The summed E-state index contributed by atoms with van der Waals surface area (Å²) >= 11 is 0. The van der Waals surface area contributed by atoms with Crippen molar-refractivity contribution in [1.29, 1.82) is 0 Å². The standard InChI is InChI=1S/C30H32N2O4/c1-35-28-17-16-26(20-31-28)24-14-11-23(12-15-24)21-32(30(34)25-8-4-3-5-9-25)27-10-6-7-22(19-27)13-18-29(33)36-2/h6-7,10-20,25H,3-5,8-9,21H2,1-2H3. The fraction of sp³-hybridized carbons (Fsp3) is 0.300. The monoisotopic (exact) mass is 484 g/mol. The topological polar surface area (TPSA) is 68.7 Å². The van der Waals surface area contributed by atoms with Crippen LogP contribution >= 0.6 is 0 Å². The maximum Gasteiger partial charge on any atom is 0.330 e. The molecule has 0 unspecified atom stereocenters. The second-order valence-corrected chi connectivity index (χ2v) is 9.00. The van der Waals surface area contributed by atoms with Crippen molar-refractivity contribution in [3.63, 3.8) is 0 Å². The smallest absolute Gasteiger partial charge is 0.330 e. The quantitative estimate of drug-likeness (QED) is 0.287. The molecule has 1 amide bonds. The first-order valence-electron chi connectivity index (χ1n) is 12.3. The molecule has 1 fully saturated rings. The van der Waals surface area contributed by atoms with E-state index in [4.69, 9.17) is 9.47 Å². The number of esters is 1. The number of hydrogen-bond acceptors (Lipinski definition) is 5. The van der Waals surface area contributed by atoms with Gasteiger partial charge >= 0.3 is 5.97 Å². The highest BCUT2D eigenvalue weighted by Gasteiger charge is 2.27. The third-order valence-corrected chi connectivity index (χ3v) is 6.59. The first-order valence-corrected chi connectivity index (χ1v) is 12.3. The number of nitrogens with zero attached hydrogens (tertiary/aromatic N) is 2. The van der Waals surface area contributed by atoms with E-state index in [-0.39, 0.29) is 11.8 Å². The second-order valence-electron chi connectivity index (χ2n) is 9.00. The van der Waals surface area contributed by atoms with E-state index in [2.05, 4.69) is 29.2 Å². The molecule has 1 heterocycles. The van der Waals surface area contributed by atoms with Crippen LogP contribution in [0.2, 0.25) is 0 Å². The zero-order valence-electron chi connectivity index (χ0n) is 20.9. The number of carbonyl (C=O) groups is 2. The minimum Gasteiger partial charge on any atom is -0.481 e. The molecule has 0 radical (unpaired) electrons. The predicted octanol–water partition coefficient (Wildman–Crippen LogP) is 6.06. The van der Waals surface area contributed by atoms with Gasteiger partial charge in [0.25, 0.3) is 0 Å². The van der Waals surface area contributed by atoms with Crippen LogP contribution in [0.5, 0.6) is 5.88 Å². The van der Waals surface area contributed by atoms with E-state index < -0.39 is 5.97 Å². The molecular formula is C30H32N2O4. The van der Waals surface area contributed by atoms with Gasteiger partial charge in [-0.05, 0) is 53.8 Å². The first-order chi connectivity index (χ1) is 17.6. The van der Waals surface area contributed by atoms with Crippen LogP contribution in [0.1, 0.15) is 43.2 Å². The number of rotatable bonds is 8. The lowest BCUT2D eigenvalue weighted by Gasteiger charge is -2.30. The van der Waals surface area contributed by atoms with E-state index in [0.717, 1.165) is 53.6 Å². The van der Waals surface area contributed by atoms with Crippen molar-refractivity contribution >= 4 is 23.6 Å². The fourth-order valence-electron chi connectivity index (χ4n) is 4.55. The summed E-state index contributed by atoms with van der Waals surface area (Å²) in [4.78, 5) is 31.4. The fourth-order valence-corrected chi connectivity index (χ4v) is 4.55. The lowest BCUT2D eigenvalue weighted by Crippen LogP contribution is -2.36. The molecule has 0 aliphatic heterocycles. The van der Waals surface area contributed by atoms with Gasteiger partial charge in [-0.15, -0.1) is 0 Å². The van der Waals surface area contributed by atoms with Gasteiger partial charge in [-0.3, -0.25) is 4.79 Å². The Balaban J connectivity index is 1.59. The number of ether oxygens (including phenoxy) is 2. The Bertz CT molecular complexity index is 1200. The first kappa shape index (κ1) is 25.2. The molecule has 0 saturated heterocycles. The van der Waals surface area contributed by atoms with Crippen molar-refractivity contribution in [1.82, 2.24) is 4.98 Å². The third kappa shape index (κ3) is 6.39. The number of amides is 1. The van der Waals surface area contributed by atoms with Gasteiger partial charge in [0.15, 0.2) is 0 Å². The van der Waals surface area contributed by atoms with Crippen LogP contribution in [0.4, 0.5) is 5.69 Å². The Morgan fingerprint density at radius 3 is 2.39 bits per heavy atom. The minimum absolute atomic E-state index is 0.0395. The van der Waals surface area contributed by atoms with E-state index >= 15 is 0 Å². The Kier molecular flexibility index (Phi) is 8.50. The highest BCUT2D eigenvalue weighted by atomic mass is 16.5. The molecule has 6 nitrogen and oxygen atoms in total. The summed E-state index contributed by atoms with van der Waals surface area (Å²) < 4.78 is 9.85. The average molecular weight is 485 g/mol. The maximum atomic E-state index is 13.7. The number of hydrogen-bond donors (Lipinski definition) is 0. The lowest BCUT2D eigenvalue weighted by atomic mass is 9.88. The van der Waals surface area contributed by atoms with Gasteiger partial charge in [-0.1, -0.05) is 55.7 Å². The Labute approximate surface area is 212 Å². The normalized spacial score (nSPS) is 13.9. The number of carbonyl (C=O) groups excluding carboxylic acids is 2. The molecule has 1 saturated carbocycles. The van der Waals surface area contributed by atoms with Crippen molar-refractivity contribution in [2.45, 2.75) is 38.6 Å². The highest BCUT2D eigenvalue weighted by molar-refractivity contribution is 5.95. The van der Waals surface area contributed by atoms with E-state index in [1.165, 1.54) is 19.6 Å². The van der Waals surface area contributed by atoms with Gasteiger partial charge in [0.1, 0.15) is 0 Å². The van der Waals surface area contributed by atoms with Gasteiger partial charge in [-0.25, -0.2) is 9.78 Å². The highest BCUT2D eigenvalue weighted by Crippen LogP contribution is 2.30. The van der Waals surface area contributed by atoms with Crippen LogP contribution in [0.3, 0.4) is 0 Å². The van der Waals surface area contributed by atoms with Gasteiger partial charge < -0.3 is 14.4 Å². The summed E-state index contributed by atoms with van der Waals surface area (Å²) in [7, 11) is 2.95. The maximum absolute atomic E-state index is 13.7. The second kappa shape index (κ2) is 12.2. The summed E-state index contributed by atoms with van der Waals surface area (Å²) in [6.45, 7) is 0.473. The van der Waals surface area contributed by atoms with Crippen molar-refractivity contribution in [3.05, 3.63) is 84.1 Å². The van der Waals surface area contributed by atoms with Crippen LogP contribution in [-0.4, -0.2) is 31.1 Å². The number of anilines is 1. The molecule has 3 aromatic rings. The van der Waals surface area contributed by atoms with Gasteiger partial charge in [0.2, 0.25) is 11.8 Å². The van der Waals surface area contributed by atoms with Crippen molar-refractivity contribution in [3.8, 4) is 17.0 Å². The molecule has 4 rings (SSSR count). The van der Waals surface area contributed by atoms with Crippen LogP contribution in [0, 0.1) is 5.92 Å². The van der Waals surface area contributed by atoms with Crippen LogP contribution in [-0.2, 0) is 20.9 Å². The molecule has 0 bridgehead atoms. The van der Waals surface area contributed by atoms with Gasteiger partial charge in [0.05, 0.1) is 20.8 Å². The molecule has 186 valence electrons. The van der Waals surface area contributed by atoms with Gasteiger partial charge in [-0.2, -0.15) is 0 Å². The molecule has 1 aromatic heterocycles. The van der Waals surface area contributed by atoms with E-state index in [1.807, 2.05) is 41.3 Å². The van der Waals surface area contributed by atoms with Crippen LogP contribution < -0.4 is 9.64 Å². The molecule has 1 aliphatic rings. The van der Waals surface area contributed by atoms with Crippen molar-refractivity contribution in [2.75, 3.05) is 19.1 Å². The summed E-state index contributed by atoms with van der Waals surface area (Å²) in [5.41, 5.74) is 4.75. The third-order valence-electron chi connectivity index (χ3n) is 6.59. The van der Waals surface area contributed by atoms with E-state index in [0.29, 0.717) is 12.4 Å². The Morgan fingerprint density at radius 1 is 0.972 bits per heavy atom. The van der Waals surface area contributed by atoms with E-state index in [9.17, 15) is 9.59 Å². The molecule has 6 heteroatoms. The van der Waals surface area contributed by atoms with Crippen molar-refractivity contribution < 1.29 is 19.1 Å². The molecule has 0 atom stereocenters. The SMILES string of the molecule is COC(=O)C=Cc1cccc(N(Cc2ccc(-c3ccc(OC)nc3)cc2)C(=O)C2CCCCC2)c1.